The molecule has 2 aromatic rings. The van der Waals surface area contributed by atoms with Gasteiger partial charge in [-0.3, -0.25) is 9.53 Å². The van der Waals surface area contributed by atoms with E-state index in [9.17, 15) is 9.00 Å². The third-order valence-electron chi connectivity index (χ3n) is 2.73. The van der Waals surface area contributed by atoms with Crippen molar-refractivity contribution in [2.45, 2.75) is 11.5 Å². The first kappa shape index (κ1) is 15.5. The highest BCUT2D eigenvalue weighted by atomic mass is 35.5. The Morgan fingerprint density at radius 3 is 2.52 bits per heavy atom. The van der Waals surface area contributed by atoms with Crippen LogP contribution in [0.4, 0.5) is 10.5 Å². The molecule has 0 saturated heterocycles. The summed E-state index contributed by atoms with van der Waals surface area (Å²) in [6.07, 6.45) is 1.01. The maximum absolute atomic E-state index is 11.7. The number of nitrogens with one attached hydrogen (secondary N) is 1. The van der Waals surface area contributed by atoms with E-state index in [4.69, 9.17) is 16.3 Å². The van der Waals surface area contributed by atoms with Crippen LogP contribution in [0.5, 0.6) is 0 Å². The number of carbonyl (C=O) groups is 1. The van der Waals surface area contributed by atoms with Crippen LogP contribution in [0.1, 0.15) is 5.56 Å². The number of benzene rings is 2. The fourth-order valence-corrected chi connectivity index (χ4v) is 2.63. The van der Waals surface area contributed by atoms with Crippen LogP contribution in [-0.4, -0.2) is 16.6 Å². The molecule has 1 amide bonds. The van der Waals surface area contributed by atoms with Crippen LogP contribution in [0.15, 0.2) is 53.4 Å². The molecule has 2 rings (SSSR count). The van der Waals surface area contributed by atoms with Gasteiger partial charge in [0.15, 0.2) is 0 Å². The molecule has 0 fully saturated rings. The first-order valence-electron chi connectivity index (χ1n) is 6.17. The van der Waals surface area contributed by atoms with E-state index in [0.29, 0.717) is 15.6 Å². The molecule has 0 aliphatic heterocycles. The van der Waals surface area contributed by atoms with Crippen molar-refractivity contribution in [1.82, 2.24) is 0 Å². The second kappa shape index (κ2) is 7.24. The molecule has 6 heteroatoms. The van der Waals surface area contributed by atoms with Crippen LogP contribution in [0.3, 0.4) is 0 Å². The van der Waals surface area contributed by atoms with Crippen LogP contribution in [0, 0.1) is 0 Å². The standard InChI is InChI=1S/C15H14ClNO3S/c1-21(19)14-5-3-2-4-11(14)10-20-15(18)17-13-8-6-12(16)7-9-13/h2-9H,10H2,1H3,(H,17,18)/t21-/m0/s1. The van der Waals surface area contributed by atoms with Crippen molar-refractivity contribution in [2.75, 3.05) is 11.6 Å². The molecule has 0 heterocycles. The van der Waals surface area contributed by atoms with Gasteiger partial charge in [-0.15, -0.1) is 0 Å². The maximum atomic E-state index is 11.7. The average Bonchev–Trinajstić information content (AvgIpc) is 2.48. The van der Waals surface area contributed by atoms with Crippen molar-refractivity contribution < 1.29 is 13.7 Å². The van der Waals surface area contributed by atoms with E-state index >= 15 is 0 Å². The number of amides is 1. The number of hydrogen-bond acceptors (Lipinski definition) is 3. The number of halogens is 1. The van der Waals surface area contributed by atoms with Crippen molar-refractivity contribution in [1.29, 1.82) is 0 Å². The van der Waals surface area contributed by atoms with Gasteiger partial charge in [0, 0.05) is 27.4 Å². The zero-order chi connectivity index (χ0) is 15.2. The molecule has 0 saturated carbocycles. The predicted molar refractivity (Wildman–Crippen MR) is 84.0 cm³/mol. The van der Waals surface area contributed by atoms with E-state index in [-0.39, 0.29) is 6.61 Å². The lowest BCUT2D eigenvalue weighted by molar-refractivity contribution is 0.154. The molecule has 0 unspecified atom stereocenters. The molecule has 4 nitrogen and oxygen atoms in total. The molecule has 110 valence electrons. The summed E-state index contributed by atoms with van der Waals surface area (Å²) in [6.45, 7) is 0.0647. The number of hydrogen-bond donors (Lipinski definition) is 1. The highest BCUT2D eigenvalue weighted by Gasteiger charge is 2.08. The van der Waals surface area contributed by atoms with Gasteiger partial charge >= 0.3 is 6.09 Å². The summed E-state index contributed by atoms with van der Waals surface area (Å²) < 4.78 is 16.7. The van der Waals surface area contributed by atoms with Gasteiger partial charge in [-0.2, -0.15) is 0 Å². The Morgan fingerprint density at radius 2 is 1.86 bits per heavy atom. The predicted octanol–water partition coefficient (Wildman–Crippen LogP) is 3.83. The lowest BCUT2D eigenvalue weighted by Crippen LogP contribution is -2.14. The molecule has 0 aliphatic carbocycles. The summed E-state index contributed by atoms with van der Waals surface area (Å²) in [6, 6.07) is 13.9. The Morgan fingerprint density at radius 1 is 1.19 bits per heavy atom. The number of ether oxygens (including phenoxy) is 1. The molecule has 2 aromatic carbocycles. The summed E-state index contributed by atoms with van der Waals surface area (Å²) in [5.41, 5.74) is 1.32. The third kappa shape index (κ3) is 4.58. The van der Waals surface area contributed by atoms with Gasteiger partial charge in [-0.1, -0.05) is 29.8 Å². The Labute approximate surface area is 130 Å². The largest absolute Gasteiger partial charge is 0.444 e. The van der Waals surface area contributed by atoms with E-state index < -0.39 is 16.9 Å². The monoisotopic (exact) mass is 323 g/mol. The Balaban J connectivity index is 1.95. The van der Waals surface area contributed by atoms with E-state index in [1.54, 1.807) is 48.7 Å². The quantitative estimate of drug-likeness (QED) is 0.930. The molecular weight excluding hydrogens is 310 g/mol. The van der Waals surface area contributed by atoms with Gasteiger partial charge in [0.2, 0.25) is 0 Å². The van der Waals surface area contributed by atoms with Crippen molar-refractivity contribution in [3.8, 4) is 0 Å². The molecule has 21 heavy (non-hydrogen) atoms. The van der Waals surface area contributed by atoms with Crippen LogP contribution in [0.2, 0.25) is 5.02 Å². The van der Waals surface area contributed by atoms with Crippen molar-refractivity contribution in [2.24, 2.45) is 0 Å². The van der Waals surface area contributed by atoms with E-state index in [1.165, 1.54) is 0 Å². The maximum Gasteiger partial charge on any atom is 0.411 e. The molecule has 0 bridgehead atoms. The highest BCUT2D eigenvalue weighted by Crippen LogP contribution is 2.15. The van der Waals surface area contributed by atoms with E-state index in [2.05, 4.69) is 5.32 Å². The zero-order valence-electron chi connectivity index (χ0n) is 11.3. The van der Waals surface area contributed by atoms with Crippen LogP contribution >= 0.6 is 11.6 Å². The second-order valence-corrected chi connectivity index (χ2v) is 6.05. The van der Waals surface area contributed by atoms with Crippen LogP contribution in [0.25, 0.3) is 0 Å². The van der Waals surface area contributed by atoms with Crippen LogP contribution < -0.4 is 5.32 Å². The normalized spacial score (nSPS) is 11.7. The number of rotatable bonds is 4. The Bertz CT molecular complexity index is 658. The first-order valence-corrected chi connectivity index (χ1v) is 8.10. The minimum Gasteiger partial charge on any atom is -0.444 e. The lowest BCUT2D eigenvalue weighted by atomic mass is 10.2. The van der Waals surface area contributed by atoms with Crippen molar-refractivity contribution >= 4 is 34.2 Å². The smallest absolute Gasteiger partial charge is 0.411 e. The summed E-state index contributed by atoms with van der Waals surface area (Å²) in [5, 5.41) is 3.18. The average molecular weight is 324 g/mol. The highest BCUT2D eigenvalue weighted by molar-refractivity contribution is 7.84. The summed E-state index contributed by atoms with van der Waals surface area (Å²) >= 11 is 5.76. The summed E-state index contributed by atoms with van der Waals surface area (Å²) in [5.74, 6) is 0. The third-order valence-corrected chi connectivity index (χ3v) is 4.00. The Hall–Kier alpha value is -1.85. The van der Waals surface area contributed by atoms with E-state index in [1.807, 2.05) is 6.07 Å². The first-order chi connectivity index (χ1) is 10.1. The van der Waals surface area contributed by atoms with Gasteiger partial charge in [0.1, 0.15) is 6.61 Å². The van der Waals surface area contributed by atoms with Gasteiger partial charge in [0.25, 0.3) is 0 Å². The van der Waals surface area contributed by atoms with Gasteiger partial charge in [-0.25, -0.2) is 4.79 Å². The number of carbonyl (C=O) groups excluding carboxylic acids is 1. The van der Waals surface area contributed by atoms with Gasteiger partial charge in [-0.05, 0) is 30.3 Å². The minimum atomic E-state index is -1.12. The molecule has 0 spiro atoms. The summed E-state index contributed by atoms with van der Waals surface area (Å²) in [7, 11) is -1.12. The fourth-order valence-electron chi connectivity index (χ4n) is 1.73. The molecule has 1 atom stereocenters. The molecule has 0 radical (unpaired) electrons. The lowest BCUT2D eigenvalue weighted by Gasteiger charge is -2.09. The molecular formula is C15H14ClNO3S. The van der Waals surface area contributed by atoms with Gasteiger partial charge < -0.3 is 4.74 Å². The van der Waals surface area contributed by atoms with E-state index in [0.717, 1.165) is 5.56 Å². The molecule has 1 N–H and O–H groups in total. The van der Waals surface area contributed by atoms with Crippen molar-refractivity contribution in [3.63, 3.8) is 0 Å². The van der Waals surface area contributed by atoms with Crippen LogP contribution in [-0.2, 0) is 22.1 Å². The zero-order valence-corrected chi connectivity index (χ0v) is 12.9. The fraction of sp³-hybridized carbons (Fsp3) is 0.133. The number of anilines is 1. The minimum absolute atomic E-state index is 0.0647. The SMILES string of the molecule is C[S@](=O)c1ccccc1COC(=O)Nc1ccc(Cl)cc1. The topological polar surface area (TPSA) is 55.4 Å². The van der Waals surface area contributed by atoms with Crippen molar-refractivity contribution in [3.05, 3.63) is 59.1 Å². The summed E-state index contributed by atoms with van der Waals surface area (Å²) in [4.78, 5) is 12.4. The van der Waals surface area contributed by atoms with Gasteiger partial charge in [0.05, 0.1) is 10.8 Å². The molecule has 0 aromatic heterocycles. The molecule has 0 aliphatic rings. The second-order valence-electron chi connectivity index (χ2n) is 4.27. The Kier molecular flexibility index (Phi) is 5.36.